The second-order valence-corrected chi connectivity index (χ2v) is 7.48. The molecule has 0 aromatic rings. The largest absolute Gasteiger partial charge is 0.335 e. The molecule has 1 aliphatic carbocycles. The number of carbonyl (C=O) groups excluding carboxylic acids is 1. The third-order valence-corrected chi connectivity index (χ3v) is 5.77. The minimum absolute atomic E-state index is 0.203. The van der Waals surface area contributed by atoms with E-state index in [2.05, 4.69) is 15.1 Å². The molecule has 1 saturated carbocycles. The molecule has 4 nitrogen and oxygen atoms in total. The number of hydrogen-bond donors (Lipinski definition) is 1. The topological polar surface area (TPSA) is 35.6 Å². The number of likely N-dealkylation sites (tertiary alicyclic amines) is 2. The summed E-state index contributed by atoms with van der Waals surface area (Å²) < 4.78 is 0. The van der Waals surface area contributed by atoms with E-state index in [-0.39, 0.29) is 6.03 Å². The number of hydrogen-bond acceptors (Lipinski definition) is 2. The fraction of sp³-hybridized carbons (Fsp3) is 0.944. The Labute approximate surface area is 135 Å². The Hall–Kier alpha value is -0.770. The van der Waals surface area contributed by atoms with Gasteiger partial charge in [-0.2, -0.15) is 0 Å². The monoisotopic (exact) mass is 307 g/mol. The molecule has 1 N–H and O–H groups in total. The van der Waals surface area contributed by atoms with Crippen molar-refractivity contribution in [3.8, 4) is 0 Å². The first kappa shape index (κ1) is 16.1. The van der Waals surface area contributed by atoms with E-state index in [1.807, 2.05) is 0 Å². The van der Waals surface area contributed by atoms with Crippen LogP contribution in [0.25, 0.3) is 0 Å². The van der Waals surface area contributed by atoms with Gasteiger partial charge in [0.25, 0.3) is 0 Å². The highest BCUT2D eigenvalue weighted by Crippen LogP contribution is 2.21. The molecule has 0 spiro atoms. The van der Waals surface area contributed by atoms with E-state index in [1.54, 1.807) is 0 Å². The van der Waals surface area contributed by atoms with Gasteiger partial charge in [0.1, 0.15) is 0 Å². The van der Waals surface area contributed by atoms with E-state index in [9.17, 15) is 4.79 Å². The number of carbonyl (C=O) groups is 1. The van der Waals surface area contributed by atoms with Gasteiger partial charge in [0.15, 0.2) is 0 Å². The fourth-order valence-electron chi connectivity index (χ4n) is 4.41. The van der Waals surface area contributed by atoms with Crippen LogP contribution >= 0.6 is 0 Å². The Kier molecular flexibility index (Phi) is 5.99. The van der Waals surface area contributed by atoms with Gasteiger partial charge in [0.2, 0.25) is 0 Å². The third-order valence-electron chi connectivity index (χ3n) is 5.77. The number of rotatable bonds is 2. The predicted octanol–water partition coefficient (Wildman–Crippen LogP) is 3.37. The lowest BCUT2D eigenvalue weighted by atomic mass is 9.97. The summed E-state index contributed by atoms with van der Waals surface area (Å²) in [4.78, 5) is 17.3. The molecular formula is C18H33N3O. The molecule has 0 aromatic carbocycles. The molecule has 3 rings (SSSR count). The predicted molar refractivity (Wildman–Crippen MR) is 90.0 cm³/mol. The van der Waals surface area contributed by atoms with Gasteiger partial charge in [0, 0.05) is 25.2 Å². The summed E-state index contributed by atoms with van der Waals surface area (Å²) in [5, 5.41) is 3.34. The number of nitrogens with one attached hydrogen (secondary N) is 1. The van der Waals surface area contributed by atoms with Crippen LogP contribution in [0.15, 0.2) is 0 Å². The van der Waals surface area contributed by atoms with Gasteiger partial charge in [0.05, 0.1) is 0 Å². The number of nitrogens with zero attached hydrogens (tertiary/aromatic N) is 2. The molecule has 2 heterocycles. The molecule has 126 valence electrons. The normalized spacial score (nSPS) is 29.1. The van der Waals surface area contributed by atoms with Crippen molar-refractivity contribution in [2.45, 2.75) is 82.7 Å². The van der Waals surface area contributed by atoms with Gasteiger partial charge < -0.3 is 10.2 Å². The second kappa shape index (κ2) is 8.19. The minimum atomic E-state index is 0.203. The molecule has 2 saturated heterocycles. The standard InChI is InChI=1S/C18H33N3O/c22-18(19-16-9-4-2-1-3-5-10-16)21-14-8-11-17(15-21)20-12-6-7-13-20/h16-17H,1-15H2,(H,19,22). The second-order valence-electron chi connectivity index (χ2n) is 7.48. The van der Waals surface area contributed by atoms with E-state index in [4.69, 9.17) is 0 Å². The van der Waals surface area contributed by atoms with Crippen LogP contribution in [0.3, 0.4) is 0 Å². The Morgan fingerprint density at radius 3 is 2.18 bits per heavy atom. The van der Waals surface area contributed by atoms with Crippen LogP contribution in [0.4, 0.5) is 4.79 Å². The molecule has 2 aliphatic heterocycles. The molecule has 3 fully saturated rings. The van der Waals surface area contributed by atoms with Crippen molar-refractivity contribution in [1.82, 2.24) is 15.1 Å². The summed E-state index contributed by atoms with van der Waals surface area (Å²) >= 11 is 0. The molecule has 4 heteroatoms. The van der Waals surface area contributed by atoms with E-state index in [0.29, 0.717) is 12.1 Å². The Bertz CT molecular complexity index is 346. The van der Waals surface area contributed by atoms with E-state index < -0.39 is 0 Å². The van der Waals surface area contributed by atoms with Crippen molar-refractivity contribution in [3.63, 3.8) is 0 Å². The first-order chi connectivity index (χ1) is 10.8. The highest BCUT2D eigenvalue weighted by Gasteiger charge is 2.29. The smallest absolute Gasteiger partial charge is 0.317 e. The van der Waals surface area contributed by atoms with Gasteiger partial charge >= 0.3 is 6.03 Å². The van der Waals surface area contributed by atoms with Crippen molar-refractivity contribution >= 4 is 6.03 Å². The first-order valence-electron chi connectivity index (χ1n) is 9.62. The lowest BCUT2D eigenvalue weighted by Crippen LogP contribution is -2.53. The van der Waals surface area contributed by atoms with Gasteiger partial charge in [-0.3, -0.25) is 4.90 Å². The van der Waals surface area contributed by atoms with Crippen molar-refractivity contribution < 1.29 is 4.79 Å². The lowest BCUT2D eigenvalue weighted by molar-refractivity contribution is 0.123. The highest BCUT2D eigenvalue weighted by molar-refractivity contribution is 5.74. The van der Waals surface area contributed by atoms with Crippen LogP contribution in [0.5, 0.6) is 0 Å². The maximum Gasteiger partial charge on any atom is 0.317 e. The average Bonchev–Trinajstić information content (AvgIpc) is 3.04. The van der Waals surface area contributed by atoms with Crippen LogP contribution < -0.4 is 5.32 Å². The van der Waals surface area contributed by atoms with Gasteiger partial charge in [-0.05, 0) is 51.6 Å². The van der Waals surface area contributed by atoms with Crippen molar-refractivity contribution in [1.29, 1.82) is 0 Å². The van der Waals surface area contributed by atoms with Gasteiger partial charge in [-0.15, -0.1) is 0 Å². The molecule has 0 bridgehead atoms. The van der Waals surface area contributed by atoms with Gasteiger partial charge in [-0.25, -0.2) is 4.79 Å². The fourth-order valence-corrected chi connectivity index (χ4v) is 4.41. The minimum Gasteiger partial charge on any atom is -0.335 e. The van der Waals surface area contributed by atoms with Crippen LogP contribution in [0.2, 0.25) is 0 Å². The van der Waals surface area contributed by atoms with E-state index in [1.165, 1.54) is 83.7 Å². The summed E-state index contributed by atoms with van der Waals surface area (Å²) in [6.07, 6.45) is 14.1. The number of urea groups is 1. The van der Waals surface area contributed by atoms with Crippen LogP contribution in [0.1, 0.15) is 70.6 Å². The Balaban J connectivity index is 1.47. The highest BCUT2D eigenvalue weighted by atomic mass is 16.2. The number of piperidine rings is 1. The maximum absolute atomic E-state index is 12.6. The zero-order valence-corrected chi connectivity index (χ0v) is 14.1. The molecule has 2 amide bonds. The molecule has 1 atom stereocenters. The van der Waals surface area contributed by atoms with Crippen LogP contribution in [-0.2, 0) is 0 Å². The van der Waals surface area contributed by atoms with E-state index >= 15 is 0 Å². The summed E-state index contributed by atoms with van der Waals surface area (Å²) in [6.45, 7) is 4.37. The number of amides is 2. The molecule has 1 unspecified atom stereocenters. The lowest BCUT2D eigenvalue weighted by Gasteiger charge is -2.38. The Morgan fingerprint density at radius 2 is 1.45 bits per heavy atom. The van der Waals surface area contributed by atoms with Gasteiger partial charge in [-0.1, -0.05) is 32.1 Å². The Morgan fingerprint density at radius 1 is 0.773 bits per heavy atom. The third kappa shape index (κ3) is 4.37. The van der Waals surface area contributed by atoms with Crippen LogP contribution in [-0.4, -0.2) is 54.1 Å². The van der Waals surface area contributed by atoms with Crippen molar-refractivity contribution in [2.75, 3.05) is 26.2 Å². The molecule has 3 aliphatic rings. The summed E-state index contributed by atoms with van der Waals surface area (Å²) in [5.41, 5.74) is 0. The average molecular weight is 307 g/mol. The zero-order chi connectivity index (χ0) is 15.2. The quantitative estimate of drug-likeness (QED) is 0.849. The molecule has 0 radical (unpaired) electrons. The SMILES string of the molecule is O=C(NC1CCCCCCC1)N1CCCC(N2CCCC2)C1. The maximum atomic E-state index is 12.6. The first-order valence-corrected chi connectivity index (χ1v) is 9.62. The molecular weight excluding hydrogens is 274 g/mol. The van der Waals surface area contributed by atoms with Crippen molar-refractivity contribution in [2.24, 2.45) is 0 Å². The molecule has 0 aromatic heterocycles. The van der Waals surface area contributed by atoms with E-state index in [0.717, 1.165) is 13.1 Å². The van der Waals surface area contributed by atoms with Crippen LogP contribution in [0, 0.1) is 0 Å². The zero-order valence-electron chi connectivity index (χ0n) is 14.1. The summed E-state index contributed by atoms with van der Waals surface area (Å²) in [6, 6.07) is 1.23. The summed E-state index contributed by atoms with van der Waals surface area (Å²) in [5.74, 6) is 0. The molecule has 22 heavy (non-hydrogen) atoms. The summed E-state index contributed by atoms with van der Waals surface area (Å²) in [7, 11) is 0. The van der Waals surface area contributed by atoms with Crippen molar-refractivity contribution in [3.05, 3.63) is 0 Å².